The largest absolute Gasteiger partial charge is 0.467 e. The molecule has 2 N–H and O–H groups in total. The number of para-hydroxylation sites is 1. The molecule has 6 nitrogen and oxygen atoms in total. The van der Waals surface area contributed by atoms with Gasteiger partial charge in [0.1, 0.15) is 11.6 Å². The molecule has 7 heteroatoms. The number of rotatable bonds is 11. The summed E-state index contributed by atoms with van der Waals surface area (Å²) in [6.45, 7) is 0.797. The van der Waals surface area contributed by atoms with Gasteiger partial charge in [-0.3, -0.25) is 4.79 Å². The number of amides is 3. The Kier molecular flexibility index (Phi) is 9.07. The van der Waals surface area contributed by atoms with Crippen LogP contribution >= 0.6 is 0 Å². The minimum absolute atomic E-state index is 0.0780. The number of halogens is 1. The number of carbonyl (C=O) groups is 2. The summed E-state index contributed by atoms with van der Waals surface area (Å²) in [7, 11) is 0. The maximum absolute atomic E-state index is 14.0. The number of urea groups is 1. The molecule has 0 aliphatic carbocycles. The van der Waals surface area contributed by atoms with Gasteiger partial charge in [0.05, 0.1) is 18.5 Å². The summed E-state index contributed by atoms with van der Waals surface area (Å²) in [5, 5.41) is 5.56. The second kappa shape index (κ2) is 13.1. The van der Waals surface area contributed by atoms with Gasteiger partial charge >= 0.3 is 6.03 Å². The molecule has 0 saturated carbocycles. The van der Waals surface area contributed by atoms with Crippen LogP contribution in [0.15, 0.2) is 108 Å². The summed E-state index contributed by atoms with van der Waals surface area (Å²) >= 11 is 0. The Labute approximate surface area is 216 Å². The normalized spacial score (nSPS) is 10.8. The maximum atomic E-state index is 14.0. The number of carbonyl (C=O) groups excluding carboxylic acids is 2. The van der Waals surface area contributed by atoms with E-state index >= 15 is 0 Å². The van der Waals surface area contributed by atoms with Gasteiger partial charge in [-0.05, 0) is 41.8 Å². The van der Waals surface area contributed by atoms with E-state index in [9.17, 15) is 14.0 Å². The van der Waals surface area contributed by atoms with Gasteiger partial charge in [-0.15, -0.1) is 0 Å². The molecule has 1 aromatic heterocycles. The van der Waals surface area contributed by atoms with Crippen molar-refractivity contribution in [3.8, 4) is 0 Å². The first-order valence-electron chi connectivity index (χ1n) is 12.3. The van der Waals surface area contributed by atoms with Gasteiger partial charge in [0, 0.05) is 25.4 Å². The summed E-state index contributed by atoms with van der Waals surface area (Å²) < 4.78 is 19.4. The number of hydrogen-bond acceptors (Lipinski definition) is 3. The highest BCUT2D eigenvalue weighted by atomic mass is 19.1. The number of anilines is 1. The van der Waals surface area contributed by atoms with Crippen LogP contribution in [0, 0.1) is 5.82 Å². The van der Waals surface area contributed by atoms with Gasteiger partial charge in [0.15, 0.2) is 0 Å². The van der Waals surface area contributed by atoms with Crippen LogP contribution in [0.2, 0.25) is 0 Å². The van der Waals surface area contributed by atoms with E-state index < -0.39 is 11.8 Å². The fourth-order valence-corrected chi connectivity index (χ4v) is 4.18. The molecular formula is C30H30FN3O3. The SMILES string of the molecule is O=C(CCN(Cc1ccco1)C(=O)Nc1ccccc1F)NCCC(c1ccccc1)c1ccccc1. The summed E-state index contributed by atoms with van der Waals surface area (Å²) in [6.07, 6.45) is 2.36. The first-order valence-corrected chi connectivity index (χ1v) is 12.3. The van der Waals surface area contributed by atoms with Gasteiger partial charge < -0.3 is 20.0 Å². The molecule has 0 radical (unpaired) electrons. The minimum atomic E-state index is -0.530. The number of nitrogens with one attached hydrogen (secondary N) is 2. The van der Waals surface area contributed by atoms with Gasteiger partial charge in [0.2, 0.25) is 5.91 Å². The first-order chi connectivity index (χ1) is 18.1. The topological polar surface area (TPSA) is 74.6 Å². The number of hydrogen-bond donors (Lipinski definition) is 2. The molecule has 3 aromatic carbocycles. The fourth-order valence-electron chi connectivity index (χ4n) is 4.18. The lowest BCUT2D eigenvalue weighted by Gasteiger charge is -2.22. The Morgan fingerprint density at radius 3 is 2.11 bits per heavy atom. The summed E-state index contributed by atoms with van der Waals surface area (Å²) in [6, 6.07) is 29.4. The highest BCUT2D eigenvalue weighted by Gasteiger charge is 2.19. The lowest BCUT2D eigenvalue weighted by atomic mass is 9.88. The number of nitrogens with zero attached hydrogens (tertiary/aromatic N) is 1. The third-order valence-electron chi connectivity index (χ3n) is 6.10. The van der Waals surface area contributed by atoms with Gasteiger partial charge in [-0.25, -0.2) is 9.18 Å². The van der Waals surface area contributed by atoms with Crippen LogP contribution in [0.3, 0.4) is 0 Å². The highest BCUT2D eigenvalue weighted by molar-refractivity contribution is 5.89. The smallest absolute Gasteiger partial charge is 0.322 e. The van der Waals surface area contributed by atoms with E-state index in [0.717, 1.165) is 6.42 Å². The maximum Gasteiger partial charge on any atom is 0.322 e. The number of furan rings is 1. The van der Waals surface area contributed by atoms with Crippen molar-refractivity contribution in [3.63, 3.8) is 0 Å². The molecule has 0 spiro atoms. The van der Waals surface area contributed by atoms with Crippen molar-refractivity contribution < 1.29 is 18.4 Å². The molecule has 0 aliphatic heterocycles. The van der Waals surface area contributed by atoms with Crippen LogP contribution in [0.4, 0.5) is 14.9 Å². The van der Waals surface area contributed by atoms with Crippen LogP contribution in [0.1, 0.15) is 35.6 Å². The third kappa shape index (κ3) is 7.54. The molecule has 4 rings (SSSR count). The Balaban J connectivity index is 1.33. The molecule has 3 amide bonds. The van der Waals surface area contributed by atoms with Crippen molar-refractivity contribution in [1.82, 2.24) is 10.2 Å². The van der Waals surface area contributed by atoms with E-state index in [1.807, 2.05) is 36.4 Å². The van der Waals surface area contributed by atoms with Crippen LogP contribution in [0.5, 0.6) is 0 Å². The van der Waals surface area contributed by atoms with E-state index in [2.05, 4.69) is 34.9 Å². The highest BCUT2D eigenvalue weighted by Crippen LogP contribution is 2.27. The molecule has 0 atom stereocenters. The van der Waals surface area contributed by atoms with Crippen molar-refractivity contribution in [2.75, 3.05) is 18.4 Å². The van der Waals surface area contributed by atoms with Crippen molar-refractivity contribution in [1.29, 1.82) is 0 Å². The van der Waals surface area contributed by atoms with Crippen molar-refractivity contribution >= 4 is 17.6 Å². The molecule has 0 unspecified atom stereocenters. The quantitative estimate of drug-likeness (QED) is 0.259. The minimum Gasteiger partial charge on any atom is -0.467 e. The Hall–Kier alpha value is -4.39. The van der Waals surface area contributed by atoms with E-state index in [1.54, 1.807) is 24.3 Å². The molecule has 0 aliphatic rings. The molecular weight excluding hydrogens is 469 g/mol. The average molecular weight is 500 g/mol. The van der Waals surface area contributed by atoms with Crippen molar-refractivity contribution in [2.45, 2.75) is 25.3 Å². The number of benzene rings is 3. The van der Waals surface area contributed by atoms with Gasteiger partial charge in [0.25, 0.3) is 0 Å². The second-order valence-electron chi connectivity index (χ2n) is 8.67. The predicted octanol–water partition coefficient (Wildman–Crippen LogP) is 6.18. The standard InChI is InChI=1S/C30H30FN3O3/c31-27-15-7-8-16-28(27)33-30(36)34(22-25-14-9-21-37-25)20-18-29(35)32-19-17-26(23-10-3-1-4-11-23)24-12-5-2-6-13-24/h1-16,21,26H,17-20,22H2,(H,32,35)(H,33,36). The zero-order chi connectivity index (χ0) is 25.9. The third-order valence-corrected chi connectivity index (χ3v) is 6.10. The predicted molar refractivity (Wildman–Crippen MR) is 142 cm³/mol. The molecule has 0 fully saturated rings. The van der Waals surface area contributed by atoms with Crippen molar-refractivity contribution in [2.24, 2.45) is 0 Å². The van der Waals surface area contributed by atoms with E-state index in [0.29, 0.717) is 12.3 Å². The monoisotopic (exact) mass is 499 g/mol. The van der Waals surface area contributed by atoms with Gasteiger partial charge in [-0.2, -0.15) is 0 Å². The Morgan fingerprint density at radius 1 is 0.838 bits per heavy atom. The average Bonchev–Trinajstić information content (AvgIpc) is 3.44. The van der Waals surface area contributed by atoms with Crippen LogP contribution in [-0.4, -0.2) is 29.9 Å². The lowest BCUT2D eigenvalue weighted by molar-refractivity contribution is -0.121. The first kappa shape index (κ1) is 25.7. The summed E-state index contributed by atoms with van der Waals surface area (Å²) in [4.78, 5) is 27.0. The molecule has 4 aromatic rings. The zero-order valence-corrected chi connectivity index (χ0v) is 20.5. The van der Waals surface area contributed by atoms with E-state index in [1.165, 1.54) is 34.4 Å². The van der Waals surface area contributed by atoms with Crippen LogP contribution in [-0.2, 0) is 11.3 Å². The van der Waals surface area contributed by atoms with Gasteiger partial charge in [-0.1, -0.05) is 72.8 Å². The van der Waals surface area contributed by atoms with E-state index in [4.69, 9.17) is 4.42 Å². The second-order valence-corrected chi connectivity index (χ2v) is 8.67. The fraction of sp³-hybridized carbons (Fsp3) is 0.200. The summed E-state index contributed by atoms with van der Waals surface area (Å²) in [5.74, 6) is 0.0308. The summed E-state index contributed by atoms with van der Waals surface area (Å²) in [5.41, 5.74) is 2.46. The molecule has 37 heavy (non-hydrogen) atoms. The Bertz CT molecular complexity index is 1220. The van der Waals surface area contributed by atoms with E-state index in [-0.39, 0.29) is 37.0 Å². The molecule has 0 bridgehead atoms. The molecule has 0 saturated heterocycles. The van der Waals surface area contributed by atoms with Crippen molar-refractivity contribution in [3.05, 3.63) is 126 Å². The van der Waals surface area contributed by atoms with Crippen LogP contribution < -0.4 is 10.6 Å². The molecule has 1 heterocycles. The van der Waals surface area contributed by atoms with Crippen LogP contribution in [0.25, 0.3) is 0 Å². The lowest BCUT2D eigenvalue weighted by Crippen LogP contribution is -2.38. The zero-order valence-electron chi connectivity index (χ0n) is 20.5. The molecule has 190 valence electrons. The Morgan fingerprint density at radius 2 is 1.49 bits per heavy atom.